The van der Waals surface area contributed by atoms with E-state index in [0.29, 0.717) is 0 Å². The zero-order chi connectivity index (χ0) is 9.80. The molecule has 1 unspecified atom stereocenters. The van der Waals surface area contributed by atoms with E-state index in [4.69, 9.17) is 4.74 Å². The van der Waals surface area contributed by atoms with Crippen LogP contribution in [0.1, 0.15) is 24.6 Å². The van der Waals surface area contributed by atoms with Gasteiger partial charge in [-0.15, -0.1) is 5.10 Å². The quantitative estimate of drug-likeness (QED) is 0.823. The Kier molecular flexibility index (Phi) is 3.10. The number of ether oxygens (including phenoxy) is 1. The number of allylic oxidation sites excluding steroid dienone is 1. The maximum atomic E-state index is 5.59. The molecule has 0 spiro atoms. The lowest BCUT2D eigenvalue weighted by molar-refractivity contribution is 0.169. The average molecular weight is 211 g/mol. The molecule has 0 saturated heterocycles. The minimum absolute atomic E-state index is 0.0639. The zero-order valence-corrected chi connectivity index (χ0v) is 8.88. The Balaban J connectivity index is 2.16. The molecule has 5 heteroatoms. The lowest BCUT2D eigenvalue weighted by Crippen LogP contribution is -2.22. The molecule has 4 nitrogen and oxygen atoms in total. The molecule has 0 aliphatic carbocycles. The third-order valence-corrected chi connectivity index (χ3v) is 2.73. The van der Waals surface area contributed by atoms with Gasteiger partial charge in [0.1, 0.15) is 17.5 Å². The van der Waals surface area contributed by atoms with Crippen LogP contribution in [-0.4, -0.2) is 23.2 Å². The molecule has 14 heavy (non-hydrogen) atoms. The monoisotopic (exact) mass is 211 g/mol. The maximum Gasteiger partial charge on any atom is 0.115 e. The summed E-state index contributed by atoms with van der Waals surface area (Å²) in [6.45, 7) is 0.807. The van der Waals surface area contributed by atoms with Crippen molar-refractivity contribution in [1.82, 2.24) is 14.9 Å². The standard InChI is InChI=1S/C9H13N3OS/c1-10-9(7-6-14-12-11-7)8-4-2-3-5-13-8/h4,6,9-10H,2-3,5H2,1H3. The van der Waals surface area contributed by atoms with Gasteiger partial charge in [-0.3, -0.25) is 0 Å². The number of rotatable bonds is 3. The molecule has 0 amide bonds. The first kappa shape index (κ1) is 9.61. The number of nitrogens with zero attached hydrogens (tertiary/aromatic N) is 2. The smallest absolute Gasteiger partial charge is 0.115 e. The molecule has 2 rings (SSSR count). The van der Waals surface area contributed by atoms with Gasteiger partial charge in [0.25, 0.3) is 0 Å². The van der Waals surface area contributed by atoms with Gasteiger partial charge < -0.3 is 10.1 Å². The van der Waals surface area contributed by atoms with Crippen LogP contribution >= 0.6 is 11.5 Å². The van der Waals surface area contributed by atoms with Gasteiger partial charge in [0, 0.05) is 5.38 Å². The van der Waals surface area contributed by atoms with Crippen molar-refractivity contribution in [3.63, 3.8) is 0 Å². The van der Waals surface area contributed by atoms with Crippen LogP contribution in [0.2, 0.25) is 0 Å². The van der Waals surface area contributed by atoms with Crippen molar-refractivity contribution in [1.29, 1.82) is 0 Å². The van der Waals surface area contributed by atoms with E-state index in [0.717, 1.165) is 30.9 Å². The predicted molar refractivity (Wildman–Crippen MR) is 55.0 cm³/mol. The van der Waals surface area contributed by atoms with E-state index in [2.05, 4.69) is 21.0 Å². The van der Waals surface area contributed by atoms with Gasteiger partial charge >= 0.3 is 0 Å². The summed E-state index contributed by atoms with van der Waals surface area (Å²) in [6.07, 6.45) is 4.32. The van der Waals surface area contributed by atoms with Crippen molar-refractivity contribution < 1.29 is 4.74 Å². The van der Waals surface area contributed by atoms with Gasteiger partial charge in [-0.2, -0.15) is 0 Å². The molecule has 0 fully saturated rings. The first-order valence-electron chi connectivity index (χ1n) is 4.69. The SMILES string of the molecule is CNC(C1=CCCCO1)c1csnn1. The Bertz CT molecular complexity index is 310. The van der Waals surface area contributed by atoms with E-state index < -0.39 is 0 Å². The van der Waals surface area contributed by atoms with Gasteiger partial charge in [-0.1, -0.05) is 4.49 Å². The largest absolute Gasteiger partial charge is 0.496 e. The van der Waals surface area contributed by atoms with Crippen LogP contribution in [0.15, 0.2) is 17.2 Å². The second-order valence-electron chi connectivity index (χ2n) is 3.15. The summed E-state index contributed by atoms with van der Waals surface area (Å²) in [5.74, 6) is 0.978. The Morgan fingerprint density at radius 1 is 1.64 bits per heavy atom. The summed E-state index contributed by atoms with van der Waals surface area (Å²) in [5, 5.41) is 9.18. The molecular weight excluding hydrogens is 198 g/mol. The number of aromatic nitrogens is 2. The fourth-order valence-electron chi connectivity index (χ4n) is 1.51. The van der Waals surface area contributed by atoms with E-state index in [-0.39, 0.29) is 6.04 Å². The van der Waals surface area contributed by atoms with Crippen molar-refractivity contribution in [2.75, 3.05) is 13.7 Å². The average Bonchev–Trinajstić information content (AvgIpc) is 2.74. The van der Waals surface area contributed by atoms with Crippen molar-refractivity contribution in [3.8, 4) is 0 Å². The fourth-order valence-corrected chi connectivity index (χ4v) is 1.99. The number of hydrogen-bond donors (Lipinski definition) is 1. The van der Waals surface area contributed by atoms with Crippen LogP contribution in [-0.2, 0) is 4.74 Å². The van der Waals surface area contributed by atoms with Crippen LogP contribution in [0, 0.1) is 0 Å². The highest BCUT2D eigenvalue weighted by Crippen LogP contribution is 2.24. The van der Waals surface area contributed by atoms with Crippen molar-refractivity contribution in [2.24, 2.45) is 0 Å². The summed E-state index contributed by atoms with van der Waals surface area (Å²) >= 11 is 1.36. The molecule has 1 aromatic heterocycles. The molecule has 1 atom stereocenters. The topological polar surface area (TPSA) is 47.0 Å². The molecule has 0 radical (unpaired) electrons. The molecule has 1 aromatic rings. The lowest BCUT2D eigenvalue weighted by Gasteiger charge is -2.21. The summed E-state index contributed by atoms with van der Waals surface area (Å²) in [5.41, 5.74) is 0.936. The molecule has 2 heterocycles. The van der Waals surface area contributed by atoms with Gasteiger partial charge in [0.2, 0.25) is 0 Å². The number of hydrogen-bond acceptors (Lipinski definition) is 5. The molecular formula is C9H13N3OS. The van der Waals surface area contributed by atoms with E-state index >= 15 is 0 Å². The highest BCUT2D eigenvalue weighted by Gasteiger charge is 2.20. The maximum absolute atomic E-state index is 5.59. The number of nitrogens with one attached hydrogen (secondary N) is 1. The zero-order valence-electron chi connectivity index (χ0n) is 8.06. The molecule has 1 aliphatic heterocycles. The minimum atomic E-state index is 0.0639. The summed E-state index contributed by atoms with van der Waals surface area (Å²) in [4.78, 5) is 0. The Morgan fingerprint density at radius 3 is 3.14 bits per heavy atom. The second kappa shape index (κ2) is 4.52. The van der Waals surface area contributed by atoms with E-state index in [9.17, 15) is 0 Å². The van der Waals surface area contributed by atoms with Gasteiger partial charge in [-0.05, 0) is 37.5 Å². The fraction of sp³-hybridized carbons (Fsp3) is 0.556. The molecule has 1 aliphatic rings. The molecule has 0 saturated carbocycles. The van der Waals surface area contributed by atoms with Crippen LogP contribution in [0.4, 0.5) is 0 Å². The van der Waals surface area contributed by atoms with Gasteiger partial charge in [-0.25, -0.2) is 0 Å². The molecule has 0 aromatic carbocycles. The lowest BCUT2D eigenvalue weighted by atomic mass is 10.1. The highest BCUT2D eigenvalue weighted by molar-refractivity contribution is 7.03. The normalized spacial score (nSPS) is 18.5. The van der Waals surface area contributed by atoms with Gasteiger partial charge in [0.15, 0.2) is 0 Å². The van der Waals surface area contributed by atoms with Gasteiger partial charge in [0.05, 0.1) is 6.61 Å². The van der Waals surface area contributed by atoms with Crippen molar-refractivity contribution in [2.45, 2.75) is 18.9 Å². The van der Waals surface area contributed by atoms with Crippen molar-refractivity contribution >= 4 is 11.5 Å². The molecule has 1 N–H and O–H groups in total. The first-order chi connectivity index (χ1) is 6.92. The van der Waals surface area contributed by atoms with Crippen LogP contribution < -0.4 is 5.32 Å². The number of likely N-dealkylation sites (N-methyl/N-ethyl adjacent to an activating group) is 1. The van der Waals surface area contributed by atoms with Crippen LogP contribution in [0.25, 0.3) is 0 Å². The van der Waals surface area contributed by atoms with Crippen LogP contribution in [0.3, 0.4) is 0 Å². The summed E-state index contributed by atoms with van der Waals surface area (Å²) in [7, 11) is 1.91. The van der Waals surface area contributed by atoms with Crippen molar-refractivity contribution in [3.05, 3.63) is 22.9 Å². The molecule has 0 bridgehead atoms. The minimum Gasteiger partial charge on any atom is -0.496 e. The van der Waals surface area contributed by atoms with E-state index in [1.54, 1.807) is 0 Å². The first-order valence-corrected chi connectivity index (χ1v) is 5.52. The predicted octanol–water partition coefficient (Wildman–Crippen LogP) is 1.49. The third-order valence-electron chi connectivity index (χ3n) is 2.21. The summed E-state index contributed by atoms with van der Waals surface area (Å²) < 4.78 is 9.44. The van der Waals surface area contributed by atoms with E-state index in [1.807, 2.05) is 12.4 Å². The molecule has 76 valence electrons. The highest BCUT2D eigenvalue weighted by atomic mass is 32.1. The second-order valence-corrected chi connectivity index (χ2v) is 3.76. The summed E-state index contributed by atoms with van der Waals surface area (Å²) in [6, 6.07) is 0.0639. The Hall–Kier alpha value is -0.940. The van der Waals surface area contributed by atoms with E-state index in [1.165, 1.54) is 11.5 Å². The van der Waals surface area contributed by atoms with Crippen LogP contribution in [0.5, 0.6) is 0 Å². The Labute approximate surface area is 87.1 Å². The third kappa shape index (κ3) is 1.93. The Morgan fingerprint density at radius 2 is 2.57 bits per heavy atom.